The zero-order valence-corrected chi connectivity index (χ0v) is 13.4. The highest BCUT2D eigenvalue weighted by Gasteiger charge is 2.09. The normalized spacial score (nSPS) is 10.2. The van der Waals surface area contributed by atoms with Gasteiger partial charge in [-0.1, -0.05) is 17.7 Å². The lowest BCUT2D eigenvalue weighted by molar-refractivity contribution is -0.118. The maximum atomic E-state index is 11.8. The van der Waals surface area contributed by atoms with Gasteiger partial charge in [-0.2, -0.15) is 0 Å². The summed E-state index contributed by atoms with van der Waals surface area (Å²) in [4.78, 5) is 25.8. The van der Waals surface area contributed by atoms with Crippen LogP contribution in [0, 0.1) is 6.92 Å². The van der Waals surface area contributed by atoms with E-state index in [9.17, 15) is 9.59 Å². The van der Waals surface area contributed by atoms with Crippen molar-refractivity contribution in [1.29, 1.82) is 0 Å². The Hall–Kier alpha value is -1.79. The van der Waals surface area contributed by atoms with Crippen LogP contribution in [0.3, 0.4) is 0 Å². The van der Waals surface area contributed by atoms with Crippen LogP contribution in [-0.4, -0.2) is 17.5 Å². The Balaban J connectivity index is 2.01. The number of hydrogen-bond donors (Lipinski definition) is 2. The Morgan fingerprint density at radius 3 is 3.00 bits per heavy atom. The van der Waals surface area contributed by atoms with Crippen LogP contribution in [-0.2, 0) is 4.79 Å². The number of benzene rings is 1. The molecular formula is C14H12BrClN2O3. The van der Waals surface area contributed by atoms with Gasteiger partial charge in [0, 0.05) is 21.3 Å². The number of anilines is 1. The van der Waals surface area contributed by atoms with Crippen LogP contribution < -0.4 is 15.6 Å². The first kappa shape index (κ1) is 15.6. The molecule has 1 aromatic heterocycles. The molecule has 0 atom stereocenters. The minimum atomic E-state index is -0.432. The highest BCUT2D eigenvalue weighted by atomic mass is 79.9. The monoisotopic (exact) mass is 370 g/mol. The van der Waals surface area contributed by atoms with Gasteiger partial charge in [-0.3, -0.25) is 9.59 Å². The van der Waals surface area contributed by atoms with Gasteiger partial charge >= 0.3 is 0 Å². The number of ether oxygens (including phenoxy) is 1. The molecule has 7 heteroatoms. The molecule has 0 unspecified atom stereocenters. The molecule has 1 amide bonds. The van der Waals surface area contributed by atoms with Crippen molar-refractivity contribution >= 4 is 39.1 Å². The molecule has 21 heavy (non-hydrogen) atoms. The molecule has 1 heterocycles. The number of carbonyl (C=O) groups excluding carboxylic acids is 1. The van der Waals surface area contributed by atoms with Crippen molar-refractivity contribution in [3.63, 3.8) is 0 Å². The summed E-state index contributed by atoms with van der Waals surface area (Å²) < 4.78 is 6.06. The highest BCUT2D eigenvalue weighted by molar-refractivity contribution is 9.10. The minimum absolute atomic E-state index is 0.154. The summed E-state index contributed by atoms with van der Waals surface area (Å²) in [5.74, 6) is 0.0961. The highest BCUT2D eigenvalue weighted by Crippen LogP contribution is 2.24. The summed E-state index contributed by atoms with van der Waals surface area (Å²) >= 11 is 9.18. The topological polar surface area (TPSA) is 71.2 Å². The number of nitrogens with one attached hydrogen (secondary N) is 2. The Labute approximate surface area is 134 Å². The van der Waals surface area contributed by atoms with Gasteiger partial charge in [0.25, 0.3) is 11.5 Å². The Morgan fingerprint density at radius 2 is 2.24 bits per heavy atom. The summed E-state index contributed by atoms with van der Waals surface area (Å²) in [5, 5.41) is 3.05. The molecule has 0 radical (unpaired) electrons. The van der Waals surface area contributed by atoms with Crippen LogP contribution in [0.5, 0.6) is 5.75 Å². The van der Waals surface area contributed by atoms with Crippen molar-refractivity contribution in [2.75, 3.05) is 11.9 Å². The molecule has 5 nitrogen and oxygen atoms in total. The van der Waals surface area contributed by atoms with Gasteiger partial charge in [0.05, 0.1) is 0 Å². The van der Waals surface area contributed by atoms with Crippen molar-refractivity contribution < 1.29 is 9.53 Å². The third-order valence-electron chi connectivity index (χ3n) is 2.72. The predicted molar refractivity (Wildman–Crippen MR) is 85.1 cm³/mol. The number of pyridine rings is 1. The Kier molecular flexibility index (Phi) is 5.03. The third kappa shape index (κ3) is 4.09. The first-order valence-electron chi connectivity index (χ1n) is 6.03. The molecule has 0 aliphatic rings. The standard InChI is InChI=1S/C14H12BrClN2O3/c1-8-10(16)3-2-4-12(8)21-7-13(19)18-11-5-9(15)6-17-14(11)20/h2-6H,7H2,1H3,(H,17,20)(H,18,19). The fraction of sp³-hybridized carbons (Fsp3) is 0.143. The second kappa shape index (κ2) is 6.78. The lowest BCUT2D eigenvalue weighted by Gasteiger charge is -2.10. The largest absolute Gasteiger partial charge is 0.483 e. The lowest BCUT2D eigenvalue weighted by Crippen LogP contribution is -2.24. The van der Waals surface area contributed by atoms with E-state index in [-0.39, 0.29) is 17.9 Å². The second-order valence-electron chi connectivity index (χ2n) is 4.26. The van der Waals surface area contributed by atoms with Crippen molar-refractivity contribution in [3.05, 3.63) is 55.9 Å². The van der Waals surface area contributed by atoms with Crippen molar-refractivity contribution in [1.82, 2.24) is 4.98 Å². The van der Waals surface area contributed by atoms with Gasteiger partial charge in [0.15, 0.2) is 6.61 Å². The zero-order valence-electron chi connectivity index (χ0n) is 11.1. The molecule has 2 N–H and O–H groups in total. The molecule has 0 fully saturated rings. The quantitative estimate of drug-likeness (QED) is 0.867. The molecule has 0 spiro atoms. The molecule has 2 rings (SSSR count). The number of H-pyrrole nitrogens is 1. The second-order valence-corrected chi connectivity index (χ2v) is 5.58. The van der Waals surface area contributed by atoms with E-state index >= 15 is 0 Å². The van der Waals surface area contributed by atoms with E-state index in [2.05, 4.69) is 26.2 Å². The number of hydrogen-bond acceptors (Lipinski definition) is 3. The maximum Gasteiger partial charge on any atom is 0.271 e. The van der Waals surface area contributed by atoms with Gasteiger partial charge in [0.1, 0.15) is 11.4 Å². The van der Waals surface area contributed by atoms with E-state index in [4.69, 9.17) is 16.3 Å². The molecule has 110 valence electrons. The number of rotatable bonds is 4. The SMILES string of the molecule is Cc1c(Cl)cccc1OCC(=O)Nc1cc(Br)c[nH]c1=O. The zero-order chi connectivity index (χ0) is 15.4. The van der Waals surface area contributed by atoms with Gasteiger partial charge in [-0.05, 0) is 41.1 Å². The van der Waals surface area contributed by atoms with Gasteiger partial charge in [-0.25, -0.2) is 0 Å². The molecule has 0 saturated carbocycles. The summed E-state index contributed by atoms with van der Waals surface area (Å²) in [6.45, 7) is 1.59. The third-order valence-corrected chi connectivity index (χ3v) is 3.59. The molecule has 2 aromatic rings. The molecule has 0 aliphatic heterocycles. The van der Waals surface area contributed by atoms with Gasteiger partial charge in [0.2, 0.25) is 0 Å². The number of carbonyl (C=O) groups is 1. The van der Waals surface area contributed by atoms with Crippen LogP contribution in [0.25, 0.3) is 0 Å². The van der Waals surface area contributed by atoms with Crippen LogP contribution in [0.1, 0.15) is 5.56 Å². The van der Waals surface area contributed by atoms with Crippen molar-refractivity contribution in [2.45, 2.75) is 6.92 Å². The van der Waals surface area contributed by atoms with Gasteiger partial charge < -0.3 is 15.0 Å². The number of amides is 1. The summed E-state index contributed by atoms with van der Waals surface area (Å²) in [5.41, 5.74) is 0.526. The van der Waals surface area contributed by atoms with Crippen molar-refractivity contribution in [2.24, 2.45) is 0 Å². The van der Waals surface area contributed by atoms with E-state index in [1.807, 2.05) is 0 Å². The number of aromatic amines is 1. The van der Waals surface area contributed by atoms with Crippen LogP contribution >= 0.6 is 27.5 Å². The van der Waals surface area contributed by atoms with Gasteiger partial charge in [-0.15, -0.1) is 0 Å². The van der Waals surface area contributed by atoms with Crippen LogP contribution in [0.2, 0.25) is 5.02 Å². The van der Waals surface area contributed by atoms with E-state index in [0.717, 1.165) is 5.56 Å². The fourth-order valence-corrected chi connectivity index (χ4v) is 2.13. The first-order valence-corrected chi connectivity index (χ1v) is 7.20. The summed E-state index contributed by atoms with van der Waals surface area (Å²) in [6.07, 6.45) is 1.49. The molecule has 0 saturated heterocycles. The van der Waals surface area contributed by atoms with E-state index in [1.165, 1.54) is 12.3 Å². The fourth-order valence-electron chi connectivity index (χ4n) is 1.62. The molecule has 0 bridgehead atoms. The summed E-state index contributed by atoms with van der Waals surface area (Å²) in [6, 6.07) is 6.72. The van der Waals surface area contributed by atoms with E-state index in [0.29, 0.717) is 15.2 Å². The number of halogens is 2. The Morgan fingerprint density at radius 1 is 1.48 bits per heavy atom. The summed E-state index contributed by atoms with van der Waals surface area (Å²) in [7, 11) is 0. The smallest absolute Gasteiger partial charge is 0.271 e. The van der Waals surface area contributed by atoms with E-state index in [1.54, 1.807) is 25.1 Å². The first-order chi connectivity index (χ1) is 9.97. The van der Waals surface area contributed by atoms with Crippen LogP contribution in [0.15, 0.2) is 39.7 Å². The molecular weight excluding hydrogens is 360 g/mol. The Bertz CT molecular complexity index is 730. The molecule has 1 aromatic carbocycles. The van der Waals surface area contributed by atoms with Crippen LogP contribution in [0.4, 0.5) is 5.69 Å². The van der Waals surface area contributed by atoms with Crippen molar-refractivity contribution in [3.8, 4) is 5.75 Å². The van der Waals surface area contributed by atoms with E-state index < -0.39 is 5.91 Å². The minimum Gasteiger partial charge on any atom is -0.483 e. The number of aromatic nitrogens is 1. The predicted octanol–water partition coefficient (Wildman–Crippen LogP) is 3.12. The average Bonchev–Trinajstić information content (AvgIpc) is 2.44. The maximum absolute atomic E-state index is 11.8. The lowest BCUT2D eigenvalue weighted by atomic mass is 10.2. The average molecular weight is 372 g/mol. The molecule has 0 aliphatic carbocycles.